The molecule has 1 saturated heterocycles. The molecule has 1 aliphatic carbocycles. The van der Waals surface area contributed by atoms with Gasteiger partial charge in [-0.1, -0.05) is 16.9 Å². The Hall–Kier alpha value is -1.54. The molecule has 2 N–H and O–H groups in total. The van der Waals surface area contributed by atoms with Crippen molar-refractivity contribution in [2.24, 2.45) is 0 Å². The van der Waals surface area contributed by atoms with Crippen LogP contribution in [0.2, 0.25) is 0 Å². The molecule has 0 aromatic carbocycles. The van der Waals surface area contributed by atoms with Crippen molar-refractivity contribution in [3.8, 4) is 0 Å². The summed E-state index contributed by atoms with van der Waals surface area (Å²) in [7, 11) is 0. The van der Waals surface area contributed by atoms with E-state index in [1.807, 2.05) is 0 Å². The fourth-order valence-corrected chi connectivity index (χ4v) is 4.07. The molecule has 124 valence electrons. The molecule has 1 aliphatic heterocycles. The summed E-state index contributed by atoms with van der Waals surface area (Å²) in [4.78, 5) is 0. The van der Waals surface area contributed by atoms with Crippen LogP contribution in [0.25, 0.3) is 0 Å². The van der Waals surface area contributed by atoms with Gasteiger partial charge in [-0.2, -0.15) is 0 Å². The van der Waals surface area contributed by atoms with E-state index in [0.717, 1.165) is 56.0 Å². The van der Waals surface area contributed by atoms with Crippen molar-refractivity contribution in [1.29, 1.82) is 0 Å². The molecular weight excluding hydrogens is 314 g/mol. The molecule has 0 spiro atoms. The second-order valence-electron chi connectivity index (χ2n) is 6.09. The van der Waals surface area contributed by atoms with Crippen molar-refractivity contribution in [2.75, 3.05) is 12.4 Å². The first-order valence-electron chi connectivity index (χ1n) is 8.24. The van der Waals surface area contributed by atoms with Gasteiger partial charge in [-0.25, -0.2) is 4.68 Å². The third-order valence-corrected chi connectivity index (χ3v) is 5.48. The fraction of sp³-hybridized carbons (Fsp3) is 0.667. The highest BCUT2D eigenvalue weighted by molar-refractivity contribution is 7.98. The number of hydrogen-bond donors (Lipinski definition) is 1. The molecular formula is C15H21N5O2S. The summed E-state index contributed by atoms with van der Waals surface area (Å²) in [5.41, 5.74) is 2.30. The summed E-state index contributed by atoms with van der Waals surface area (Å²) in [5, 5.41) is 13.4. The largest absolute Gasteiger partial charge is 0.370 e. The highest BCUT2D eigenvalue weighted by Crippen LogP contribution is 2.31. The number of aryl methyl sites for hydroxylation is 1. The maximum atomic E-state index is 6.16. The molecule has 1 atom stereocenters. The second-order valence-corrected chi connectivity index (χ2v) is 7.04. The second kappa shape index (κ2) is 6.52. The lowest BCUT2D eigenvalue weighted by atomic mass is 9.97. The molecule has 0 unspecified atom stereocenters. The maximum Gasteiger partial charge on any atom is 0.210 e. The van der Waals surface area contributed by atoms with E-state index in [9.17, 15) is 0 Å². The molecule has 2 aliphatic rings. The molecule has 4 rings (SSSR count). The first kappa shape index (κ1) is 15.0. The summed E-state index contributed by atoms with van der Waals surface area (Å²) in [6.45, 7) is 0.769. The standard InChI is InChI=1S/C15H21N5O2S/c16-20-14(13-7-3-4-8-21-13)17-18-15(20)23-9-11-10-5-1-2-6-12(10)22-19-11/h13H,1-9,16H2/t13-/m1/s1. The predicted octanol–water partition coefficient (Wildman–Crippen LogP) is 2.39. The number of fused-ring (bicyclic) bond motifs is 1. The van der Waals surface area contributed by atoms with Crippen molar-refractivity contribution < 1.29 is 9.26 Å². The minimum Gasteiger partial charge on any atom is -0.370 e. The summed E-state index contributed by atoms with van der Waals surface area (Å²) in [5.74, 6) is 8.64. The fourth-order valence-electron chi connectivity index (χ4n) is 3.25. The Morgan fingerprint density at radius 3 is 2.96 bits per heavy atom. The molecule has 0 radical (unpaired) electrons. The Morgan fingerprint density at radius 1 is 1.17 bits per heavy atom. The van der Waals surface area contributed by atoms with Gasteiger partial charge in [0, 0.05) is 24.3 Å². The number of rotatable bonds is 4. The van der Waals surface area contributed by atoms with Gasteiger partial charge < -0.3 is 15.1 Å². The van der Waals surface area contributed by atoms with Crippen molar-refractivity contribution in [3.05, 3.63) is 22.8 Å². The Kier molecular flexibility index (Phi) is 4.26. The third-order valence-electron chi connectivity index (χ3n) is 4.53. The smallest absolute Gasteiger partial charge is 0.210 e. The highest BCUT2D eigenvalue weighted by Gasteiger charge is 2.24. The van der Waals surface area contributed by atoms with Gasteiger partial charge in [0.05, 0.1) is 5.69 Å². The maximum absolute atomic E-state index is 6.16. The van der Waals surface area contributed by atoms with E-state index in [0.29, 0.717) is 10.9 Å². The van der Waals surface area contributed by atoms with Gasteiger partial charge >= 0.3 is 0 Å². The van der Waals surface area contributed by atoms with Gasteiger partial charge in [0.1, 0.15) is 11.9 Å². The van der Waals surface area contributed by atoms with E-state index in [-0.39, 0.29) is 6.10 Å². The number of aromatic nitrogens is 4. The van der Waals surface area contributed by atoms with E-state index in [1.165, 1.54) is 18.4 Å². The average molecular weight is 335 g/mol. The molecule has 0 amide bonds. The monoisotopic (exact) mass is 335 g/mol. The van der Waals surface area contributed by atoms with Gasteiger partial charge in [0.25, 0.3) is 0 Å². The Bertz CT molecular complexity index is 677. The van der Waals surface area contributed by atoms with E-state index >= 15 is 0 Å². The topological polar surface area (TPSA) is 92.0 Å². The molecule has 23 heavy (non-hydrogen) atoms. The Labute approximate surface area is 138 Å². The molecule has 7 nitrogen and oxygen atoms in total. The van der Waals surface area contributed by atoms with Gasteiger partial charge in [-0.3, -0.25) is 0 Å². The van der Waals surface area contributed by atoms with Crippen molar-refractivity contribution in [2.45, 2.75) is 62.0 Å². The van der Waals surface area contributed by atoms with Crippen LogP contribution in [0.4, 0.5) is 0 Å². The minimum absolute atomic E-state index is 0.0320. The summed E-state index contributed by atoms with van der Waals surface area (Å²) in [6.07, 6.45) is 7.64. The van der Waals surface area contributed by atoms with Crippen LogP contribution in [0.15, 0.2) is 9.68 Å². The molecule has 0 saturated carbocycles. The zero-order valence-electron chi connectivity index (χ0n) is 13.0. The zero-order valence-corrected chi connectivity index (χ0v) is 13.8. The Morgan fingerprint density at radius 2 is 2.09 bits per heavy atom. The van der Waals surface area contributed by atoms with Crippen LogP contribution < -0.4 is 5.84 Å². The van der Waals surface area contributed by atoms with E-state index in [1.54, 1.807) is 16.4 Å². The van der Waals surface area contributed by atoms with Crippen LogP contribution in [0.3, 0.4) is 0 Å². The van der Waals surface area contributed by atoms with Gasteiger partial charge in [-0.15, -0.1) is 10.2 Å². The van der Waals surface area contributed by atoms with Gasteiger partial charge in [-0.05, 0) is 38.5 Å². The van der Waals surface area contributed by atoms with E-state index < -0.39 is 0 Å². The number of hydrogen-bond acceptors (Lipinski definition) is 7. The zero-order chi connectivity index (χ0) is 15.6. The molecule has 2 aromatic rings. The lowest BCUT2D eigenvalue weighted by Gasteiger charge is -2.21. The average Bonchev–Trinajstić information content (AvgIpc) is 3.17. The number of nitrogens with two attached hydrogens (primary N) is 1. The lowest BCUT2D eigenvalue weighted by molar-refractivity contribution is 0.00780. The van der Waals surface area contributed by atoms with E-state index in [2.05, 4.69) is 15.4 Å². The molecule has 2 aromatic heterocycles. The van der Waals surface area contributed by atoms with Crippen molar-refractivity contribution in [1.82, 2.24) is 20.0 Å². The summed E-state index contributed by atoms with van der Waals surface area (Å²) >= 11 is 1.55. The van der Waals surface area contributed by atoms with Gasteiger partial charge in [0.2, 0.25) is 5.16 Å². The number of nitrogens with zero attached hydrogens (tertiary/aromatic N) is 4. The van der Waals surface area contributed by atoms with Crippen LogP contribution >= 0.6 is 11.8 Å². The lowest BCUT2D eigenvalue weighted by Crippen LogP contribution is -2.21. The summed E-state index contributed by atoms with van der Waals surface area (Å²) < 4.78 is 12.8. The number of ether oxygens (including phenoxy) is 1. The van der Waals surface area contributed by atoms with Gasteiger partial charge in [0.15, 0.2) is 5.82 Å². The number of nitrogen functional groups attached to an aromatic ring is 1. The first-order valence-corrected chi connectivity index (χ1v) is 9.22. The predicted molar refractivity (Wildman–Crippen MR) is 85.4 cm³/mol. The number of thioether (sulfide) groups is 1. The SMILES string of the molecule is Nn1c(SCc2noc3c2CCCC3)nnc1[C@H]1CCCCO1. The van der Waals surface area contributed by atoms with E-state index in [4.69, 9.17) is 15.1 Å². The molecule has 8 heteroatoms. The van der Waals surface area contributed by atoms with Crippen LogP contribution in [0.5, 0.6) is 0 Å². The minimum atomic E-state index is -0.0320. The normalized spacial score (nSPS) is 21.3. The van der Waals surface area contributed by atoms with Crippen LogP contribution in [0.1, 0.15) is 61.1 Å². The molecule has 3 heterocycles. The highest BCUT2D eigenvalue weighted by atomic mass is 32.2. The molecule has 0 bridgehead atoms. The third kappa shape index (κ3) is 2.97. The van der Waals surface area contributed by atoms with Crippen molar-refractivity contribution >= 4 is 11.8 Å². The Balaban J connectivity index is 1.45. The molecule has 1 fully saturated rings. The first-order chi connectivity index (χ1) is 11.3. The van der Waals surface area contributed by atoms with Crippen LogP contribution in [0, 0.1) is 0 Å². The van der Waals surface area contributed by atoms with Crippen LogP contribution in [-0.4, -0.2) is 26.6 Å². The van der Waals surface area contributed by atoms with Crippen LogP contribution in [-0.2, 0) is 23.3 Å². The van der Waals surface area contributed by atoms with Crippen molar-refractivity contribution in [3.63, 3.8) is 0 Å². The summed E-state index contributed by atoms with van der Waals surface area (Å²) in [6, 6.07) is 0. The quantitative estimate of drug-likeness (QED) is 0.677.